The van der Waals surface area contributed by atoms with Crippen molar-refractivity contribution in [3.63, 3.8) is 0 Å². The molecule has 11 heteroatoms. The lowest BCUT2D eigenvalue weighted by molar-refractivity contribution is -0.142. The molecule has 192 valence electrons. The van der Waals surface area contributed by atoms with Gasteiger partial charge in [0.15, 0.2) is 0 Å². The van der Waals surface area contributed by atoms with Crippen molar-refractivity contribution in [2.24, 2.45) is 23.3 Å². The van der Waals surface area contributed by atoms with E-state index in [0.717, 1.165) is 5.75 Å². The molecule has 10 nitrogen and oxygen atoms in total. The molecule has 8 N–H and O–H groups in total. The Balaban J connectivity index is 5.32. The third-order valence-corrected chi connectivity index (χ3v) is 5.76. The molecule has 0 aromatic carbocycles. The highest BCUT2D eigenvalue weighted by Crippen LogP contribution is 2.10. The Hall–Kier alpha value is -1.85. The maximum absolute atomic E-state index is 13.0. The van der Waals surface area contributed by atoms with Gasteiger partial charge in [-0.15, -0.1) is 0 Å². The largest absolute Gasteiger partial charge is 0.480 e. The average molecular weight is 490 g/mol. The van der Waals surface area contributed by atoms with Crippen LogP contribution in [0.1, 0.15) is 59.8 Å². The number of aliphatic carboxylic acids is 1. The Morgan fingerprint density at radius 1 is 0.879 bits per heavy atom. The van der Waals surface area contributed by atoms with Gasteiger partial charge in [-0.3, -0.25) is 14.4 Å². The maximum atomic E-state index is 13.0. The van der Waals surface area contributed by atoms with Gasteiger partial charge in [-0.2, -0.15) is 11.8 Å². The first-order valence-electron chi connectivity index (χ1n) is 11.5. The number of unbranched alkanes of at least 4 members (excludes halogenated alkanes) is 1. The molecule has 0 radical (unpaired) electrons. The highest BCUT2D eigenvalue weighted by atomic mass is 32.2. The molecule has 0 aromatic heterocycles. The molecule has 4 atom stereocenters. The van der Waals surface area contributed by atoms with Crippen LogP contribution in [-0.2, 0) is 19.2 Å². The van der Waals surface area contributed by atoms with E-state index in [9.17, 15) is 24.3 Å². The number of thioether (sulfide) groups is 1. The second-order valence-corrected chi connectivity index (χ2v) is 9.98. The monoisotopic (exact) mass is 489 g/mol. The first-order valence-corrected chi connectivity index (χ1v) is 12.9. The van der Waals surface area contributed by atoms with Gasteiger partial charge in [0.25, 0.3) is 0 Å². The van der Waals surface area contributed by atoms with Crippen LogP contribution in [0.3, 0.4) is 0 Å². The highest BCUT2D eigenvalue weighted by molar-refractivity contribution is 7.98. The number of carboxylic acids is 1. The number of carbonyl (C=O) groups excluding carboxylic acids is 3. The SMILES string of the molecule is CSCCC(N)C(=O)NC(CC(C)C)C(=O)NC(C(=O)NC(CCCCN)C(=O)O)C(C)C. The van der Waals surface area contributed by atoms with E-state index in [0.29, 0.717) is 32.2 Å². The fourth-order valence-corrected chi connectivity index (χ4v) is 3.65. The molecule has 0 bridgehead atoms. The number of nitrogens with two attached hydrogens (primary N) is 2. The van der Waals surface area contributed by atoms with E-state index < -0.39 is 47.9 Å². The molecular formula is C22H43N5O5S. The predicted octanol–water partition coefficient (Wildman–Crippen LogP) is 0.437. The zero-order valence-electron chi connectivity index (χ0n) is 20.6. The van der Waals surface area contributed by atoms with Crippen molar-refractivity contribution in [3.8, 4) is 0 Å². The summed E-state index contributed by atoms with van der Waals surface area (Å²) in [5, 5.41) is 17.4. The topological polar surface area (TPSA) is 177 Å². The second-order valence-electron chi connectivity index (χ2n) is 8.99. The van der Waals surface area contributed by atoms with Gasteiger partial charge < -0.3 is 32.5 Å². The Morgan fingerprint density at radius 2 is 1.48 bits per heavy atom. The maximum Gasteiger partial charge on any atom is 0.326 e. The Bertz CT molecular complexity index is 632. The van der Waals surface area contributed by atoms with E-state index in [1.165, 1.54) is 0 Å². The number of hydrogen-bond acceptors (Lipinski definition) is 7. The average Bonchev–Trinajstić information content (AvgIpc) is 2.73. The molecule has 33 heavy (non-hydrogen) atoms. The van der Waals surface area contributed by atoms with Gasteiger partial charge >= 0.3 is 5.97 Å². The van der Waals surface area contributed by atoms with Gasteiger partial charge in [0.2, 0.25) is 17.7 Å². The summed E-state index contributed by atoms with van der Waals surface area (Å²) in [4.78, 5) is 49.9. The van der Waals surface area contributed by atoms with Crippen molar-refractivity contribution < 1.29 is 24.3 Å². The van der Waals surface area contributed by atoms with Crippen LogP contribution in [0.2, 0.25) is 0 Å². The molecule has 0 aliphatic carbocycles. The molecule has 0 saturated heterocycles. The summed E-state index contributed by atoms with van der Waals surface area (Å²) in [7, 11) is 0. The van der Waals surface area contributed by atoms with E-state index in [1.807, 2.05) is 20.1 Å². The number of amides is 3. The third-order valence-electron chi connectivity index (χ3n) is 5.12. The van der Waals surface area contributed by atoms with E-state index in [1.54, 1.807) is 25.6 Å². The summed E-state index contributed by atoms with van der Waals surface area (Å²) in [5.74, 6) is -2.11. The summed E-state index contributed by atoms with van der Waals surface area (Å²) < 4.78 is 0. The van der Waals surface area contributed by atoms with Gasteiger partial charge in [-0.25, -0.2) is 4.79 Å². The van der Waals surface area contributed by atoms with E-state index >= 15 is 0 Å². The highest BCUT2D eigenvalue weighted by Gasteiger charge is 2.32. The fraction of sp³-hybridized carbons (Fsp3) is 0.818. The normalized spacial score (nSPS) is 14.9. The van der Waals surface area contributed by atoms with E-state index in [4.69, 9.17) is 11.5 Å². The van der Waals surface area contributed by atoms with Crippen LogP contribution in [-0.4, -0.2) is 71.5 Å². The van der Waals surface area contributed by atoms with Crippen molar-refractivity contribution in [3.05, 3.63) is 0 Å². The molecule has 0 spiro atoms. The number of hydrogen-bond donors (Lipinski definition) is 6. The molecule has 0 fully saturated rings. The van der Waals surface area contributed by atoms with Crippen LogP contribution in [0.25, 0.3) is 0 Å². The van der Waals surface area contributed by atoms with Crippen molar-refractivity contribution in [1.82, 2.24) is 16.0 Å². The van der Waals surface area contributed by atoms with Crippen molar-refractivity contribution >= 4 is 35.5 Å². The quantitative estimate of drug-likeness (QED) is 0.159. The lowest BCUT2D eigenvalue weighted by atomic mass is 9.99. The lowest BCUT2D eigenvalue weighted by Gasteiger charge is -2.27. The van der Waals surface area contributed by atoms with Crippen LogP contribution in [0.5, 0.6) is 0 Å². The van der Waals surface area contributed by atoms with Crippen molar-refractivity contribution in [1.29, 1.82) is 0 Å². The molecule has 0 heterocycles. The summed E-state index contributed by atoms with van der Waals surface area (Å²) in [6.07, 6.45) is 4.24. The van der Waals surface area contributed by atoms with Gasteiger partial charge in [0.05, 0.1) is 6.04 Å². The zero-order chi connectivity index (χ0) is 25.6. The third kappa shape index (κ3) is 12.8. The second kappa shape index (κ2) is 16.7. The summed E-state index contributed by atoms with van der Waals surface area (Å²) in [6, 6.07) is -3.60. The molecule has 0 aliphatic heterocycles. The van der Waals surface area contributed by atoms with E-state index in [2.05, 4.69) is 16.0 Å². The zero-order valence-corrected chi connectivity index (χ0v) is 21.4. The molecule has 4 unspecified atom stereocenters. The van der Waals surface area contributed by atoms with Crippen LogP contribution in [0.4, 0.5) is 0 Å². The van der Waals surface area contributed by atoms with Crippen LogP contribution >= 0.6 is 11.8 Å². The summed E-state index contributed by atoms with van der Waals surface area (Å²) >= 11 is 1.58. The summed E-state index contributed by atoms with van der Waals surface area (Å²) in [5.41, 5.74) is 11.4. The molecule has 0 rings (SSSR count). The Kier molecular flexibility index (Phi) is 15.8. The Morgan fingerprint density at radius 3 is 1.97 bits per heavy atom. The minimum atomic E-state index is -1.14. The first-order chi connectivity index (χ1) is 15.4. The van der Waals surface area contributed by atoms with Crippen LogP contribution in [0.15, 0.2) is 0 Å². The van der Waals surface area contributed by atoms with E-state index in [-0.39, 0.29) is 18.3 Å². The standard InChI is InChI=1S/C22H43N5O5S/c1-13(2)12-17(26-19(28)15(24)9-11-33-5)20(29)27-18(14(3)4)21(30)25-16(22(31)32)8-6-7-10-23/h13-18H,6-12,23-24H2,1-5H3,(H,25,30)(H,26,28)(H,27,29)(H,31,32). The minimum absolute atomic E-state index is 0.105. The van der Waals surface area contributed by atoms with Crippen molar-refractivity contribution in [2.45, 2.75) is 84.0 Å². The van der Waals surface area contributed by atoms with Gasteiger partial charge in [-0.1, -0.05) is 27.7 Å². The molecule has 0 aliphatic rings. The van der Waals surface area contributed by atoms with Gasteiger partial charge in [-0.05, 0) is 62.5 Å². The van der Waals surface area contributed by atoms with Gasteiger partial charge in [0.1, 0.15) is 18.1 Å². The van der Waals surface area contributed by atoms with Crippen LogP contribution in [0, 0.1) is 11.8 Å². The van der Waals surface area contributed by atoms with Gasteiger partial charge in [0, 0.05) is 0 Å². The number of carbonyl (C=O) groups is 4. The fourth-order valence-electron chi connectivity index (χ4n) is 3.16. The molecular weight excluding hydrogens is 446 g/mol. The minimum Gasteiger partial charge on any atom is -0.480 e. The number of carboxylic acid groups (broad SMARTS) is 1. The predicted molar refractivity (Wildman–Crippen MR) is 132 cm³/mol. The molecule has 3 amide bonds. The number of rotatable bonds is 17. The lowest BCUT2D eigenvalue weighted by Crippen LogP contribution is -2.58. The van der Waals surface area contributed by atoms with Crippen LogP contribution < -0.4 is 27.4 Å². The Labute approximate surface area is 201 Å². The first kappa shape index (κ1) is 31.1. The summed E-state index contributed by atoms with van der Waals surface area (Å²) in [6.45, 7) is 7.79. The smallest absolute Gasteiger partial charge is 0.326 e. The number of nitrogens with one attached hydrogen (secondary N) is 3. The molecule has 0 saturated carbocycles. The van der Waals surface area contributed by atoms with Crippen molar-refractivity contribution in [2.75, 3.05) is 18.6 Å². The molecule has 0 aromatic rings.